The van der Waals surface area contributed by atoms with Gasteiger partial charge in [-0.25, -0.2) is 0 Å². The third-order valence-electron chi connectivity index (χ3n) is 4.93. The standard InChI is InChI=1S/C18H40Br2Si2/c1-5-9-13-21(19,14-10-6-2)17-18-22(20,15-11-7-3)16-12-8-4/h5-18H2,1-4H3. The van der Waals surface area contributed by atoms with E-state index in [4.69, 9.17) is 0 Å². The van der Waals surface area contributed by atoms with Gasteiger partial charge in [-0.05, 0) is 36.3 Å². The van der Waals surface area contributed by atoms with Gasteiger partial charge in [-0.3, -0.25) is 0 Å². The maximum Gasteiger partial charge on any atom is 0.130 e. The van der Waals surface area contributed by atoms with Gasteiger partial charge in [-0.1, -0.05) is 79.1 Å². The van der Waals surface area contributed by atoms with Crippen LogP contribution in [0.15, 0.2) is 0 Å². The Hall–Kier alpha value is 1.39. The Kier molecular flexibility index (Phi) is 14.5. The van der Waals surface area contributed by atoms with Gasteiger partial charge in [-0.15, -0.1) is 30.6 Å². The summed E-state index contributed by atoms with van der Waals surface area (Å²) in [7, 11) is 0. The van der Waals surface area contributed by atoms with Crippen LogP contribution in [-0.2, 0) is 0 Å². The molecule has 4 heteroatoms. The molecule has 0 radical (unpaired) electrons. The fourth-order valence-electron chi connectivity index (χ4n) is 3.17. The molecule has 0 aromatic heterocycles. The minimum Gasteiger partial charge on any atom is -0.126 e. The Morgan fingerprint density at radius 1 is 0.455 bits per heavy atom. The first kappa shape index (κ1) is 23.4. The Morgan fingerprint density at radius 2 is 0.682 bits per heavy atom. The molecule has 0 nitrogen and oxygen atoms in total. The molecular formula is C18H40Br2Si2. The lowest BCUT2D eigenvalue weighted by molar-refractivity contribution is 0.825. The summed E-state index contributed by atoms with van der Waals surface area (Å²) in [5.74, 6) is 0. The zero-order chi connectivity index (χ0) is 16.9. The lowest BCUT2D eigenvalue weighted by Crippen LogP contribution is -2.33. The fourth-order valence-corrected chi connectivity index (χ4v) is 19.1. The molecule has 0 bridgehead atoms. The second-order valence-corrected chi connectivity index (χ2v) is 24.9. The molecule has 0 saturated carbocycles. The van der Waals surface area contributed by atoms with Crippen molar-refractivity contribution in [2.24, 2.45) is 0 Å². The highest BCUT2D eigenvalue weighted by Crippen LogP contribution is 2.40. The highest BCUT2D eigenvalue weighted by atomic mass is 79.9. The highest BCUT2D eigenvalue weighted by Gasteiger charge is 2.35. The normalized spacial score (nSPS) is 12.8. The summed E-state index contributed by atoms with van der Waals surface area (Å²) in [6.45, 7) is 7.04. The van der Waals surface area contributed by atoms with Gasteiger partial charge in [-0.2, -0.15) is 0 Å². The average Bonchev–Trinajstić information content (AvgIpc) is 2.53. The molecule has 134 valence electrons. The summed E-state index contributed by atoms with van der Waals surface area (Å²) in [4.78, 5) is 0. The topological polar surface area (TPSA) is 0 Å². The van der Waals surface area contributed by atoms with E-state index in [0.29, 0.717) is 0 Å². The molecule has 0 N–H and O–H groups in total. The second kappa shape index (κ2) is 13.7. The Labute approximate surface area is 158 Å². The monoisotopic (exact) mass is 470 g/mol. The molecule has 0 aliphatic carbocycles. The first-order valence-electron chi connectivity index (χ1n) is 9.83. The van der Waals surface area contributed by atoms with Crippen LogP contribution in [0.5, 0.6) is 0 Å². The minimum absolute atomic E-state index is 1.16. The molecule has 0 heterocycles. The van der Waals surface area contributed by atoms with E-state index in [2.05, 4.69) is 58.3 Å². The van der Waals surface area contributed by atoms with Crippen LogP contribution in [0.1, 0.15) is 79.1 Å². The van der Waals surface area contributed by atoms with Crippen molar-refractivity contribution < 1.29 is 0 Å². The van der Waals surface area contributed by atoms with Crippen molar-refractivity contribution in [2.45, 2.75) is 115 Å². The Bertz CT molecular complexity index is 217. The summed E-state index contributed by atoms with van der Waals surface area (Å²) < 4.78 is 0. The predicted octanol–water partition coefficient (Wildman–Crippen LogP) is 8.87. The van der Waals surface area contributed by atoms with Crippen LogP contribution in [0.2, 0.25) is 36.3 Å². The lowest BCUT2D eigenvalue weighted by atomic mass is 10.4. The summed E-state index contributed by atoms with van der Waals surface area (Å²) in [5.41, 5.74) is 0. The van der Waals surface area contributed by atoms with Crippen molar-refractivity contribution >= 4 is 44.0 Å². The molecule has 0 aliphatic heterocycles. The number of rotatable bonds is 15. The van der Waals surface area contributed by atoms with Crippen molar-refractivity contribution in [3.05, 3.63) is 0 Å². The van der Waals surface area contributed by atoms with E-state index in [1.807, 2.05) is 0 Å². The van der Waals surface area contributed by atoms with Gasteiger partial charge in [0.25, 0.3) is 0 Å². The molecule has 0 spiro atoms. The number of unbranched alkanes of at least 4 members (excludes halogenated alkanes) is 4. The van der Waals surface area contributed by atoms with E-state index in [1.165, 1.54) is 87.6 Å². The quantitative estimate of drug-likeness (QED) is 0.165. The molecule has 0 aromatic rings. The van der Waals surface area contributed by atoms with Crippen molar-refractivity contribution in [3.63, 3.8) is 0 Å². The first-order valence-corrected chi connectivity index (χ1v) is 19.6. The SMILES string of the molecule is CCCC[Si](Br)(CCCC)CC[Si](Br)(CCCC)CCCC. The maximum atomic E-state index is 4.32. The molecule has 0 rings (SSSR count). The van der Waals surface area contributed by atoms with Gasteiger partial charge >= 0.3 is 0 Å². The van der Waals surface area contributed by atoms with E-state index in [0.717, 1.165) is 0 Å². The van der Waals surface area contributed by atoms with Crippen molar-refractivity contribution in [3.8, 4) is 0 Å². The third kappa shape index (κ3) is 11.0. The summed E-state index contributed by atoms with van der Waals surface area (Å²) in [6, 6.07) is 9.06. The Balaban J connectivity index is 4.62. The summed E-state index contributed by atoms with van der Waals surface area (Å²) >= 11 is 8.63. The lowest BCUT2D eigenvalue weighted by Gasteiger charge is -2.31. The molecule has 0 atom stereocenters. The highest BCUT2D eigenvalue weighted by molar-refractivity contribution is 9.26. The largest absolute Gasteiger partial charge is 0.130 e. The minimum atomic E-state index is -1.16. The van der Waals surface area contributed by atoms with Crippen LogP contribution in [-0.4, -0.2) is 13.4 Å². The van der Waals surface area contributed by atoms with E-state index >= 15 is 0 Å². The van der Waals surface area contributed by atoms with E-state index in [1.54, 1.807) is 0 Å². The number of hydrogen-bond donors (Lipinski definition) is 0. The molecule has 0 unspecified atom stereocenters. The van der Waals surface area contributed by atoms with Gasteiger partial charge < -0.3 is 0 Å². The maximum absolute atomic E-state index is 4.32. The molecule has 0 aliphatic rings. The molecule has 0 fully saturated rings. The van der Waals surface area contributed by atoms with Gasteiger partial charge in [0.05, 0.1) is 0 Å². The van der Waals surface area contributed by atoms with Gasteiger partial charge in [0.15, 0.2) is 0 Å². The zero-order valence-corrected chi connectivity index (χ0v) is 20.8. The first-order chi connectivity index (χ1) is 10.4. The van der Waals surface area contributed by atoms with Crippen LogP contribution in [0, 0.1) is 0 Å². The van der Waals surface area contributed by atoms with Crippen molar-refractivity contribution in [1.29, 1.82) is 0 Å². The van der Waals surface area contributed by atoms with E-state index in [-0.39, 0.29) is 0 Å². The Morgan fingerprint density at radius 3 is 0.864 bits per heavy atom. The van der Waals surface area contributed by atoms with Crippen LogP contribution < -0.4 is 0 Å². The fraction of sp³-hybridized carbons (Fsp3) is 1.00. The average molecular weight is 472 g/mol. The van der Waals surface area contributed by atoms with Crippen molar-refractivity contribution in [1.82, 2.24) is 0 Å². The van der Waals surface area contributed by atoms with Crippen LogP contribution in [0.4, 0.5) is 0 Å². The van der Waals surface area contributed by atoms with Crippen molar-refractivity contribution in [2.75, 3.05) is 0 Å². The molecule has 0 saturated heterocycles. The summed E-state index contributed by atoms with van der Waals surface area (Å²) in [5, 5.41) is 0. The van der Waals surface area contributed by atoms with E-state index in [9.17, 15) is 0 Å². The molecule has 22 heavy (non-hydrogen) atoms. The van der Waals surface area contributed by atoms with Gasteiger partial charge in [0.1, 0.15) is 13.4 Å². The van der Waals surface area contributed by atoms with Gasteiger partial charge in [0.2, 0.25) is 0 Å². The van der Waals surface area contributed by atoms with Crippen LogP contribution in [0.3, 0.4) is 0 Å². The smallest absolute Gasteiger partial charge is 0.126 e. The molecule has 0 aromatic carbocycles. The van der Waals surface area contributed by atoms with E-state index < -0.39 is 13.4 Å². The third-order valence-corrected chi connectivity index (χ3v) is 19.9. The van der Waals surface area contributed by atoms with Crippen LogP contribution >= 0.6 is 30.6 Å². The second-order valence-electron chi connectivity index (χ2n) is 7.22. The number of halogens is 2. The number of hydrogen-bond acceptors (Lipinski definition) is 0. The summed E-state index contributed by atoms with van der Waals surface area (Å²) in [6.07, 6.45) is 11.2. The predicted molar refractivity (Wildman–Crippen MR) is 118 cm³/mol. The zero-order valence-electron chi connectivity index (χ0n) is 15.7. The van der Waals surface area contributed by atoms with Gasteiger partial charge in [0, 0.05) is 0 Å². The molecule has 0 amide bonds. The van der Waals surface area contributed by atoms with Crippen LogP contribution in [0.25, 0.3) is 0 Å². The molecular weight excluding hydrogens is 432 g/mol.